The van der Waals surface area contributed by atoms with E-state index in [1.165, 1.54) is 0 Å². The Kier molecular flexibility index (Phi) is 5.36. The summed E-state index contributed by atoms with van der Waals surface area (Å²) < 4.78 is 104. The molecule has 0 heterocycles. The van der Waals surface area contributed by atoms with Crippen LogP contribution in [0.5, 0.6) is 0 Å². The predicted molar refractivity (Wildman–Crippen MR) is 49.5 cm³/mol. The first-order valence-electron chi connectivity index (χ1n) is 5.12. The Labute approximate surface area is 108 Å². The van der Waals surface area contributed by atoms with E-state index >= 15 is 0 Å². The van der Waals surface area contributed by atoms with E-state index < -0.39 is 49.4 Å². The molecule has 0 atom stereocenters. The molecule has 10 heteroatoms. The minimum Gasteiger partial charge on any atom is -0.200 e. The molecule has 0 aliphatic carbocycles. The van der Waals surface area contributed by atoms with Gasteiger partial charge >= 0.3 is 23.7 Å². The molecule has 20 heavy (non-hydrogen) atoms. The lowest BCUT2D eigenvalue weighted by Gasteiger charge is -2.36. The Bertz CT molecular complexity index is 378. The van der Waals surface area contributed by atoms with Crippen LogP contribution in [-0.2, 0) is 0 Å². The number of halogens is 8. The monoisotopic (exact) mass is 308 g/mol. The average molecular weight is 308 g/mol. The van der Waals surface area contributed by atoms with Gasteiger partial charge in [0.15, 0.2) is 0 Å². The van der Waals surface area contributed by atoms with Gasteiger partial charge in [-0.3, -0.25) is 0 Å². The molecule has 0 radical (unpaired) electrons. The second kappa shape index (κ2) is 5.81. The summed E-state index contributed by atoms with van der Waals surface area (Å²) in [5.41, 5.74) is 0. The lowest BCUT2D eigenvalue weighted by atomic mass is 9.93. The maximum atomic E-state index is 13.1. The van der Waals surface area contributed by atoms with Crippen molar-refractivity contribution >= 4 is 0 Å². The second-order valence-corrected chi connectivity index (χ2v) is 3.87. The van der Waals surface area contributed by atoms with Gasteiger partial charge in [-0.15, -0.1) is 0 Å². The minimum absolute atomic E-state index is 1.03. The van der Waals surface area contributed by atoms with Crippen LogP contribution in [0.25, 0.3) is 0 Å². The molecule has 0 N–H and O–H groups in total. The van der Waals surface area contributed by atoms with Gasteiger partial charge in [0.25, 0.3) is 0 Å². The maximum Gasteiger partial charge on any atom is 0.378 e. The zero-order valence-corrected chi connectivity index (χ0v) is 9.75. The smallest absolute Gasteiger partial charge is 0.200 e. The normalized spacial score (nSPS) is 13.7. The minimum atomic E-state index is -6.35. The summed E-state index contributed by atoms with van der Waals surface area (Å²) in [5, 5.41) is 15.9. The van der Waals surface area contributed by atoms with Crippen LogP contribution >= 0.6 is 0 Å². The Morgan fingerprint density at radius 3 is 1.05 bits per heavy atom. The van der Waals surface area contributed by atoms with Gasteiger partial charge in [-0.05, 0) is 0 Å². The molecule has 0 rings (SSSR count). The topological polar surface area (TPSA) is 47.6 Å². The number of hydrogen-bond acceptors (Lipinski definition) is 2. The van der Waals surface area contributed by atoms with Gasteiger partial charge in [-0.1, -0.05) is 0 Å². The molecule has 0 aliphatic rings. The van der Waals surface area contributed by atoms with E-state index in [9.17, 15) is 35.1 Å². The molecule has 0 unspecified atom stereocenters. The zero-order valence-electron chi connectivity index (χ0n) is 9.75. The van der Waals surface area contributed by atoms with Crippen LogP contribution in [0.2, 0.25) is 0 Å². The van der Waals surface area contributed by atoms with Gasteiger partial charge in [0.05, 0.1) is 12.1 Å². The van der Waals surface area contributed by atoms with Crippen molar-refractivity contribution in [1.82, 2.24) is 0 Å². The van der Waals surface area contributed by atoms with Crippen LogP contribution in [0.3, 0.4) is 0 Å². The third-order valence-electron chi connectivity index (χ3n) is 2.41. The molecule has 0 amide bonds. The SMILES string of the molecule is N#CCCC(F)(F)C(F)(F)C(F)(F)C(F)(F)CCC#N. The fourth-order valence-corrected chi connectivity index (χ4v) is 1.20. The number of hydrogen-bond donors (Lipinski definition) is 0. The van der Waals surface area contributed by atoms with E-state index in [-0.39, 0.29) is 0 Å². The Morgan fingerprint density at radius 2 is 0.850 bits per heavy atom. The number of nitriles is 2. The van der Waals surface area contributed by atoms with Crippen molar-refractivity contribution < 1.29 is 35.1 Å². The highest BCUT2D eigenvalue weighted by molar-refractivity contribution is 5.04. The van der Waals surface area contributed by atoms with Crippen molar-refractivity contribution in [1.29, 1.82) is 10.5 Å². The van der Waals surface area contributed by atoms with Crippen LogP contribution in [0.4, 0.5) is 35.1 Å². The van der Waals surface area contributed by atoms with Crippen LogP contribution in [-0.4, -0.2) is 23.7 Å². The highest BCUT2D eigenvalue weighted by Gasteiger charge is 2.79. The molecule has 114 valence electrons. The van der Waals surface area contributed by atoms with Crippen LogP contribution in [0, 0.1) is 22.7 Å². The van der Waals surface area contributed by atoms with E-state index in [1.54, 1.807) is 0 Å². The molecule has 2 nitrogen and oxygen atoms in total. The number of alkyl halides is 8. The van der Waals surface area contributed by atoms with Gasteiger partial charge < -0.3 is 0 Å². The van der Waals surface area contributed by atoms with E-state index in [1.807, 2.05) is 0 Å². The van der Waals surface area contributed by atoms with Crippen molar-refractivity contribution in [2.45, 2.75) is 49.4 Å². The van der Waals surface area contributed by atoms with Gasteiger partial charge in [-0.2, -0.15) is 45.6 Å². The predicted octanol–water partition coefficient (Wildman–Crippen LogP) is 4.14. The molecule has 0 aliphatic heterocycles. The quantitative estimate of drug-likeness (QED) is 0.664. The highest BCUT2D eigenvalue weighted by atomic mass is 19.4. The summed E-state index contributed by atoms with van der Waals surface area (Å²) in [5.74, 6) is -23.7. The molecular formula is C10H8F8N2. The van der Waals surface area contributed by atoms with E-state index in [2.05, 4.69) is 0 Å². The summed E-state index contributed by atoms with van der Waals surface area (Å²) in [6, 6.07) is 2.06. The Hall–Kier alpha value is -1.58. The summed E-state index contributed by atoms with van der Waals surface area (Å²) in [7, 11) is 0. The molecule has 0 spiro atoms. The van der Waals surface area contributed by atoms with Crippen molar-refractivity contribution in [3.8, 4) is 12.1 Å². The molecule has 0 saturated heterocycles. The maximum absolute atomic E-state index is 13.1. The summed E-state index contributed by atoms with van der Waals surface area (Å²) in [6.07, 6.45) is -6.38. The van der Waals surface area contributed by atoms with Crippen molar-refractivity contribution in [3.05, 3.63) is 0 Å². The average Bonchev–Trinajstić information content (AvgIpc) is 2.33. The van der Waals surface area contributed by atoms with Crippen molar-refractivity contribution in [3.63, 3.8) is 0 Å². The standard InChI is InChI=1S/C10H8F8N2/c11-7(12,3-1-5-19)9(15,16)10(17,18)8(13,14)4-2-6-20/h1-4H2. The molecule has 0 saturated carbocycles. The Morgan fingerprint density at radius 1 is 0.600 bits per heavy atom. The second-order valence-electron chi connectivity index (χ2n) is 3.87. The van der Waals surface area contributed by atoms with Gasteiger partial charge in [-0.25, -0.2) is 0 Å². The van der Waals surface area contributed by atoms with Crippen LogP contribution in [0.15, 0.2) is 0 Å². The number of rotatable bonds is 7. The molecule has 0 aromatic carbocycles. The third-order valence-corrected chi connectivity index (χ3v) is 2.41. The first-order chi connectivity index (χ1) is 8.87. The van der Waals surface area contributed by atoms with Gasteiger partial charge in [0, 0.05) is 25.7 Å². The molecule has 0 aromatic rings. The van der Waals surface area contributed by atoms with Crippen molar-refractivity contribution in [2.75, 3.05) is 0 Å². The lowest BCUT2D eigenvalue weighted by Crippen LogP contribution is -2.62. The fraction of sp³-hybridized carbons (Fsp3) is 0.800. The summed E-state index contributed by atoms with van der Waals surface area (Å²) >= 11 is 0. The van der Waals surface area contributed by atoms with Gasteiger partial charge in [0.1, 0.15) is 0 Å². The van der Waals surface area contributed by atoms with E-state index in [0.717, 1.165) is 12.1 Å². The molecule has 0 fully saturated rings. The Balaban J connectivity index is 5.45. The lowest BCUT2D eigenvalue weighted by molar-refractivity contribution is -0.367. The van der Waals surface area contributed by atoms with Crippen molar-refractivity contribution in [2.24, 2.45) is 0 Å². The first-order valence-corrected chi connectivity index (χ1v) is 5.12. The van der Waals surface area contributed by atoms with Crippen LogP contribution < -0.4 is 0 Å². The van der Waals surface area contributed by atoms with Gasteiger partial charge in [0.2, 0.25) is 0 Å². The van der Waals surface area contributed by atoms with Crippen LogP contribution in [0.1, 0.15) is 25.7 Å². The first kappa shape index (κ1) is 18.4. The highest BCUT2D eigenvalue weighted by Crippen LogP contribution is 2.54. The number of nitrogens with zero attached hydrogens (tertiary/aromatic N) is 2. The molecule has 0 bridgehead atoms. The summed E-state index contributed by atoms with van der Waals surface area (Å²) in [4.78, 5) is 0. The van der Waals surface area contributed by atoms with E-state index in [0.29, 0.717) is 0 Å². The summed E-state index contributed by atoms with van der Waals surface area (Å²) in [6.45, 7) is 0. The molecular weight excluding hydrogens is 300 g/mol. The molecule has 0 aromatic heterocycles. The zero-order chi connectivity index (χ0) is 16.2. The van der Waals surface area contributed by atoms with E-state index in [4.69, 9.17) is 10.5 Å². The fourth-order valence-electron chi connectivity index (χ4n) is 1.20. The largest absolute Gasteiger partial charge is 0.378 e. The third kappa shape index (κ3) is 3.11.